The van der Waals surface area contributed by atoms with Crippen molar-refractivity contribution in [2.45, 2.75) is 38.6 Å². The highest BCUT2D eigenvalue weighted by Gasteiger charge is 2.18. The van der Waals surface area contributed by atoms with Gasteiger partial charge in [0.15, 0.2) is 0 Å². The molecular formula is C16H23ClN4. The average Bonchev–Trinajstić information content (AvgIpc) is 2.82. The fourth-order valence-corrected chi connectivity index (χ4v) is 2.29. The van der Waals surface area contributed by atoms with Crippen LogP contribution in [0.2, 0.25) is 0 Å². The Hall–Kier alpha value is -1.55. The Bertz CT molecular complexity index is 613. The van der Waals surface area contributed by atoms with Crippen LogP contribution in [0, 0.1) is 0 Å². The number of aromatic nitrogens is 3. The zero-order chi connectivity index (χ0) is 15.6. The zero-order valence-corrected chi connectivity index (χ0v) is 14.1. The molecule has 0 atom stereocenters. The molecule has 0 amide bonds. The fraction of sp³-hybridized carbons (Fsp3) is 0.500. The number of rotatable bonds is 4. The van der Waals surface area contributed by atoms with Crippen LogP contribution in [0.4, 0.5) is 5.82 Å². The van der Waals surface area contributed by atoms with Crippen LogP contribution < -0.4 is 4.90 Å². The molecule has 0 saturated heterocycles. The Morgan fingerprint density at radius 2 is 1.95 bits per heavy atom. The second kappa shape index (κ2) is 6.06. The maximum atomic E-state index is 6.03. The van der Waals surface area contributed by atoms with Crippen molar-refractivity contribution in [2.75, 3.05) is 11.9 Å². The van der Waals surface area contributed by atoms with Crippen molar-refractivity contribution < 1.29 is 0 Å². The monoisotopic (exact) mass is 306 g/mol. The van der Waals surface area contributed by atoms with E-state index in [1.54, 1.807) is 0 Å². The number of pyridine rings is 1. The van der Waals surface area contributed by atoms with Crippen molar-refractivity contribution >= 4 is 17.4 Å². The molecule has 0 aromatic carbocycles. The first-order valence-electron chi connectivity index (χ1n) is 7.05. The maximum Gasteiger partial charge on any atom is 0.129 e. The lowest BCUT2D eigenvalue weighted by Crippen LogP contribution is -2.21. The van der Waals surface area contributed by atoms with Crippen LogP contribution in [0.25, 0.3) is 0 Å². The number of aryl methyl sites for hydroxylation is 1. The van der Waals surface area contributed by atoms with Crippen LogP contribution in [0.15, 0.2) is 24.5 Å². The standard InChI is InChI=1S/C16H23ClN4/c1-16(2,3)14-6-12(8-17)7-15(19-14)20(4)10-13-9-18-21(5)11-13/h6-7,9,11H,8,10H2,1-5H3. The van der Waals surface area contributed by atoms with Crippen molar-refractivity contribution in [3.63, 3.8) is 0 Å². The van der Waals surface area contributed by atoms with Crippen molar-refractivity contribution in [3.05, 3.63) is 41.3 Å². The minimum Gasteiger partial charge on any atom is -0.355 e. The van der Waals surface area contributed by atoms with Crippen LogP contribution in [-0.4, -0.2) is 21.8 Å². The van der Waals surface area contributed by atoms with Gasteiger partial charge >= 0.3 is 0 Å². The van der Waals surface area contributed by atoms with Crippen molar-refractivity contribution in [1.29, 1.82) is 0 Å². The molecule has 5 heteroatoms. The molecule has 0 unspecified atom stereocenters. The Morgan fingerprint density at radius 1 is 1.24 bits per heavy atom. The van der Waals surface area contributed by atoms with Gasteiger partial charge in [-0.15, -0.1) is 11.6 Å². The summed E-state index contributed by atoms with van der Waals surface area (Å²) in [6.45, 7) is 7.27. The number of nitrogens with zero attached hydrogens (tertiary/aromatic N) is 4. The summed E-state index contributed by atoms with van der Waals surface area (Å²) in [5.41, 5.74) is 3.33. The highest BCUT2D eigenvalue weighted by molar-refractivity contribution is 6.17. The number of hydrogen-bond acceptors (Lipinski definition) is 3. The van der Waals surface area contributed by atoms with Crippen molar-refractivity contribution in [1.82, 2.24) is 14.8 Å². The summed E-state index contributed by atoms with van der Waals surface area (Å²) in [5.74, 6) is 1.45. The highest BCUT2D eigenvalue weighted by Crippen LogP contribution is 2.25. The van der Waals surface area contributed by atoms with Crippen LogP contribution >= 0.6 is 11.6 Å². The maximum absolute atomic E-state index is 6.03. The van der Waals surface area contributed by atoms with Gasteiger partial charge in [0.05, 0.1) is 6.20 Å². The molecule has 0 saturated carbocycles. The van der Waals surface area contributed by atoms with Gasteiger partial charge in [0, 0.05) is 49.4 Å². The molecular weight excluding hydrogens is 284 g/mol. The second-order valence-electron chi connectivity index (χ2n) is 6.48. The third kappa shape index (κ3) is 3.97. The molecule has 2 heterocycles. The molecule has 0 aliphatic rings. The molecule has 2 aromatic heterocycles. The predicted octanol–water partition coefficient (Wildman–Crippen LogP) is 3.49. The SMILES string of the molecule is CN(Cc1cnn(C)c1)c1cc(CCl)cc(C(C)(C)C)n1. The smallest absolute Gasteiger partial charge is 0.129 e. The third-order valence-electron chi connectivity index (χ3n) is 3.36. The molecule has 0 N–H and O–H groups in total. The van der Waals surface area contributed by atoms with Gasteiger partial charge in [-0.2, -0.15) is 5.10 Å². The summed E-state index contributed by atoms with van der Waals surface area (Å²) >= 11 is 6.03. The van der Waals surface area contributed by atoms with Crippen LogP contribution in [0.5, 0.6) is 0 Å². The lowest BCUT2D eigenvalue weighted by atomic mass is 9.91. The first kappa shape index (κ1) is 15.8. The Morgan fingerprint density at radius 3 is 2.48 bits per heavy atom. The molecule has 0 fully saturated rings. The molecule has 21 heavy (non-hydrogen) atoms. The van der Waals surface area contributed by atoms with E-state index in [4.69, 9.17) is 16.6 Å². The van der Waals surface area contributed by atoms with Gasteiger partial charge in [-0.25, -0.2) is 4.98 Å². The minimum absolute atomic E-state index is 0.00591. The summed E-state index contributed by atoms with van der Waals surface area (Å²) in [7, 11) is 3.97. The van der Waals surface area contributed by atoms with Gasteiger partial charge < -0.3 is 4.90 Å². The molecule has 0 aliphatic carbocycles. The van der Waals surface area contributed by atoms with E-state index in [2.05, 4.69) is 42.9 Å². The highest BCUT2D eigenvalue weighted by atomic mass is 35.5. The minimum atomic E-state index is 0.00591. The third-order valence-corrected chi connectivity index (χ3v) is 3.67. The summed E-state index contributed by atoms with van der Waals surface area (Å²) in [6.07, 6.45) is 3.90. The normalized spacial score (nSPS) is 11.7. The van der Waals surface area contributed by atoms with E-state index in [0.717, 1.165) is 29.2 Å². The summed E-state index contributed by atoms with van der Waals surface area (Å²) in [5, 5.41) is 4.20. The molecule has 0 bridgehead atoms. The second-order valence-corrected chi connectivity index (χ2v) is 6.75. The van der Waals surface area contributed by atoms with Crippen LogP contribution in [-0.2, 0) is 24.9 Å². The summed E-state index contributed by atoms with van der Waals surface area (Å²) in [6, 6.07) is 4.15. The summed E-state index contributed by atoms with van der Waals surface area (Å²) < 4.78 is 1.81. The van der Waals surface area contributed by atoms with Gasteiger partial charge in [0.25, 0.3) is 0 Å². The first-order chi connectivity index (χ1) is 9.79. The Kier molecular flexibility index (Phi) is 4.57. The molecule has 2 aromatic rings. The van der Waals surface area contributed by atoms with Crippen LogP contribution in [0.3, 0.4) is 0 Å². The first-order valence-corrected chi connectivity index (χ1v) is 7.59. The Balaban J connectivity index is 2.29. The van der Waals surface area contributed by atoms with E-state index in [1.807, 2.05) is 31.2 Å². The average molecular weight is 307 g/mol. The van der Waals surface area contributed by atoms with E-state index in [0.29, 0.717) is 5.88 Å². The van der Waals surface area contributed by atoms with Gasteiger partial charge in [0.2, 0.25) is 0 Å². The molecule has 0 spiro atoms. The molecule has 2 rings (SSSR count). The lowest BCUT2D eigenvalue weighted by Gasteiger charge is -2.23. The number of alkyl halides is 1. The summed E-state index contributed by atoms with van der Waals surface area (Å²) in [4.78, 5) is 6.92. The zero-order valence-electron chi connectivity index (χ0n) is 13.4. The van der Waals surface area contributed by atoms with E-state index in [1.165, 1.54) is 0 Å². The van der Waals surface area contributed by atoms with E-state index in [9.17, 15) is 0 Å². The number of halogens is 1. The quantitative estimate of drug-likeness (QED) is 0.811. The van der Waals surface area contributed by atoms with Gasteiger partial charge in [-0.05, 0) is 17.7 Å². The van der Waals surface area contributed by atoms with E-state index < -0.39 is 0 Å². The lowest BCUT2D eigenvalue weighted by molar-refractivity contribution is 0.567. The number of anilines is 1. The molecule has 0 radical (unpaired) electrons. The van der Waals surface area contributed by atoms with Crippen molar-refractivity contribution in [3.8, 4) is 0 Å². The van der Waals surface area contributed by atoms with E-state index in [-0.39, 0.29) is 5.41 Å². The van der Waals surface area contributed by atoms with Gasteiger partial charge in [0.1, 0.15) is 5.82 Å². The Labute approximate surface area is 131 Å². The van der Waals surface area contributed by atoms with Gasteiger partial charge in [-0.3, -0.25) is 4.68 Å². The predicted molar refractivity (Wildman–Crippen MR) is 87.8 cm³/mol. The molecule has 4 nitrogen and oxygen atoms in total. The fourth-order valence-electron chi connectivity index (χ4n) is 2.14. The van der Waals surface area contributed by atoms with E-state index >= 15 is 0 Å². The molecule has 0 aliphatic heterocycles. The van der Waals surface area contributed by atoms with Crippen molar-refractivity contribution in [2.24, 2.45) is 7.05 Å². The van der Waals surface area contributed by atoms with Gasteiger partial charge in [-0.1, -0.05) is 20.8 Å². The number of hydrogen-bond donors (Lipinski definition) is 0. The largest absolute Gasteiger partial charge is 0.355 e. The molecule has 114 valence electrons. The topological polar surface area (TPSA) is 34.0 Å². The van der Waals surface area contributed by atoms with Crippen LogP contribution in [0.1, 0.15) is 37.6 Å².